The van der Waals surface area contributed by atoms with Gasteiger partial charge in [-0.2, -0.15) is 0 Å². The van der Waals surface area contributed by atoms with Gasteiger partial charge in [0, 0.05) is 30.9 Å². The standard InChI is InChI=1S/C17H25N3O/c1-3-8-19(15-10-18-11-15)12-17(21)20-13(2)9-14-6-4-5-7-16(14)20/h4-7,13,15,18H,3,8-12H2,1-2H3. The van der Waals surface area contributed by atoms with E-state index in [1.54, 1.807) is 0 Å². The summed E-state index contributed by atoms with van der Waals surface area (Å²) in [7, 11) is 0. The van der Waals surface area contributed by atoms with Crippen LogP contribution >= 0.6 is 0 Å². The molecule has 0 spiro atoms. The van der Waals surface area contributed by atoms with Crippen molar-refractivity contribution in [2.75, 3.05) is 31.1 Å². The highest BCUT2D eigenvalue weighted by Gasteiger charge is 2.33. The number of nitrogens with one attached hydrogen (secondary N) is 1. The molecule has 1 aromatic carbocycles. The summed E-state index contributed by atoms with van der Waals surface area (Å²) < 4.78 is 0. The largest absolute Gasteiger partial charge is 0.314 e. The van der Waals surface area contributed by atoms with Crippen LogP contribution in [0.25, 0.3) is 0 Å². The Morgan fingerprint density at radius 1 is 1.38 bits per heavy atom. The summed E-state index contributed by atoms with van der Waals surface area (Å²) in [6.45, 7) is 7.89. The first-order chi connectivity index (χ1) is 10.2. The Morgan fingerprint density at radius 3 is 2.81 bits per heavy atom. The third-order valence-electron chi connectivity index (χ3n) is 4.60. The summed E-state index contributed by atoms with van der Waals surface area (Å²) in [5.74, 6) is 0.243. The fourth-order valence-electron chi connectivity index (χ4n) is 3.41. The number of carbonyl (C=O) groups is 1. The van der Waals surface area contributed by atoms with Gasteiger partial charge in [0.25, 0.3) is 0 Å². The first-order valence-corrected chi connectivity index (χ1v) is 8.05. The quantitative estimate of drug-likeness (QED) is 0.894. The molecule has 1 aromatic rings. The number of anilines is 1. The predicted octanol–water partition coefficient (Wildman–Crippen LogP) is 1.65. The van der Waals surface area contributed by atoms with Gasteiger partial charge in [0.2, 0.25) is 5.91 Å². The van der Waals surface area contributed by atoms with Gasteiger partial charge in [0.05, 0.1) is 6.54 Å². The molecule has 1 unspecified atom stereocenters. The minimum absolute atomic E-state index is 0.243. The van der Waals surface area contributed by atoms with E-state index < -0.39 is 0 Å². The van der Waals surface area contributed by atoms with Crippen molar-refractivity contribution < 1.29 is 4.79 Å². The molecule has 2 aliphatic rings. The molecule has 21 heavy (non-hydrogen) atoms. The first-order valence-electron chi connectivity index (χ1n) is 8.05. The van der Waals surface area contributed by atoms with Crippen LogP contribution in [0.4, 0.5) is 5.69 Å². The number of para-hydroxylation sites is 1. The molecule has 4 heteroatoms. The van der Waals surface area contributed by atoms with Crippen molar-refractivity contribution in [1.82, 2.24) is 10.2 Å². The molecule has 0 radical (unpaired) electrons. The second-order valence-corrected chi connectivity index (χ2v) is 6.23. The minimum Gasteiger partial charge on any atom is -0.314 e. The maximum Gasteiger partial charge on any atom is 0.241 e. The van der Waals surface area contributed by atoms with Gasteiger partial charge >= 0.3 is 0 Å². The van der Waals surface area contributed by atoms with Gasteiger partial charge in [-0.3, -0.25) is 9.69 Å². The molecular weight excluding hydrogens is 262 g/mol. The van der Waals surface area contributed by atoms with E-state index in [4.69, 9.17) is 0 Å². The second-order valence-electron chi connectivity index (χ2n) is 6.23. The third-order valence-corrected chi connectivity index (χ3v) is 4.60. The topological polar surface area (TPSA) is 35.6 Å². The van der Waals surface area contributed by atoms with E-state index in [1.807, 2.05) is 11.0 Å². The average molecular weight is 287 g/mol. The molecule has 4 nitrogen and oxygen atoms in total. The maximum absolute atomic E-state index is 12.8. The summed E-state index contributed by atoms with van der Waals surface area (Å²) in [4.78, 5) is 17.2. The molecule has 2 aliphatic heterocycles. The van der Waals surface area contributed by atoms with Crippen LogP contribution in [0.1, 0.15) is 25.8 Å². The zero-order valence-electron chi connectivity index (χ0n) is 13.0. The molecule has 114 valence electrons. The Bertz CT molecular complexity index is 513. The van der Waals surface area contributed by atoms with Gasteiger partial charge in [-0.15, -0.1) is 0 Å². The highest BCUT2D eigenvalue weighted by Crippen LogP contribution is 2.31. The molecule has 1 saturated heterocycles. The van der Waals surface area contributed by atoms with Gasteiger partial charge in [0.1, 0.15) is 0 Å². The van der Waals surface area contributed by atoms with Crippen LogP contribution in [0.15, 0.2) is 24.3 Å². The molecule has 2 heterocycles. The molecule has 1 fully saturated rings. The molecule has 0 saturated carbocycles. The van der Waals surface area contributed by atoms with E-state index in [1.165, 1.54) is 5.56 Å². The summed E-state index contributed by atoms with van der Waals surface area (Å²) in [5.41, 5.74) is 2.41. The summed E-state index contributed by atoms with van der Waals surface area (Å²) in [5, 5.41) is 3.30. The van der Waals surface area contributed by atoms with Gasteiger partial charge in [0.15, 0.2) is 0 Å². The van der Waals surface area contributed by atoms with E-state index in [9.17, 15) is 4.79 Å². The zero-order chi connectivity index (χ0) is 14.8. The summed E-state index contributed by atoms with van der Waals surface area (Å²) in [6, 6.07) is 9.10. The monoisotopic (exact) mass is 287 g/mol. The number of amides is 1. The van der Waals surface area contributed by atoms with E-state index in [2.05, 4.69) is 42.3 Å². The Morgan fingerprint density at radius 2 is 2.14 bits per heavy atom. The lowest BCUT2D eigenvalue weighted by atomic mass is 10.1. The van der Waals surface area contributed by atoms with Crippen molar-refractivity contribution in [2.24, 2.45) is 0 Å². The lowest BCUT2D eigenvalue weighted by Gasteiger charge is -2.38. The SMILES string of the molecule is CCCN(CC(=O)N1c2ccccc2CC1C)C1CNC1. The molecule has 1 amide bonds. The fraction of sp³-hybridized carbons (Fsp3) is 0.588. The van der Waals surface area contributed by atoms with E-state index >= 15 is 0 Å². The lowest BCUT2D eigenvalue weighted by Crippen LogP contribution is -2.59. The molecule has 0 aliphatic carbocycles. The molecule has 0 bridgehead atoms. The Balaban J connectivity index is 1.72. The van der Waals surface area contributed by atoms with Crippen LogP contribution in [0.3, 0.4) is 0 Å². The van der Waals surface area contributed by atoms with Crippen molar-refractivity contribution >= 4 is 11.6 Å². The minimum atomic E-state index is 0.243. The van der Waals surface area contributed by atoms with Crippen molar-refractivity contribution in [3.8, 4) is 0 Å². The number of carbonyl (C=O) groups excluding carboxylic acids is 1. The van der Waals surface area contributed by atoms with Gasteiger partial charge in [-0.05, 0) is 37.9 Å². The van der Waals surface area contributed by atoms with Crippen LogP contribution < -0.4 is 10.2 Å². The summed E-state index contributed by atoms with van der Waals surface area (Å²) in [6.07, 6.45) is 2.07. The average Bonchev–Trinajstić information content (AvgIpc) is 2.72. The number of nitrogens with zero attached hydrogens (tertiary/aromatic N) is 2. The van der Waals surface area contributed by atoms with Crippen LogP contribution in [-0.2, 0) is 11.2 Å². The molecule has 1 atom stereocenters. The van der Waals surface area contributed by atoms with Crippen molar-refractivity contribution in [1.29, 1.82) is 0 Å². The molecule has 3 rings (SSSR count). The van der Waals surface area contributed by atoms with Gasteiger partial charge in [-0.25, -0.2) is 0 Å². The van der Waals surface area contributed by atoms with Crippen LogP contribution in [0.5, 0.6) is 0 Å². The zero-order valence-corrected chi connectivity index (χ0v) is 13.0. The Kier molecular flexibility index (Phi) is 4.27. The normalized spacial score (nSPS) is 21.5. The number of rotatable bonds is 5. The van der Waals surface area contributed by atoms with Crippen molar-refractivity contribution in [3.63, 3.8) is 0 Å². The van der Waals surface area contributed by atoms with Crippen molar-refractivity contribution in [3.05, 3.63) is 29.8 Å². The van der Waals surface area contributed by atoms with Crippen molar-refractivity contribution in [2.45, 2.75) is 38.8 Å². The third kappa shape index (κ3) is 2.83. The second kappa shape index (κ2) is 6.16. The molecular formula is C17H25N3O. The van der Waals surface area contributed by atoms with E-state index in [0.717, 1.165) is 38.2 Å². The Hall–Kier alpha value is -1.39. The smallest absolute Gasteiger partial charge is 0.241 e. The fourth-order valence-corrected chi connectivity index (χ4v) is 3.41. The molecule has 1 N–H and O–H groups in total. The van der Waals surface area contributed by atoms with Crippen LogP contribution in [-0.4, -0.2) is 49.1 Å². The van der Waals surface area contributed by atoms with Crippen LogP contribution in [0, 0.1) is 0 Å². The molecule has 0 aromatic heterocycles. The van der Waals surface area contributed by atoms with Gasteiger partial charge in [-0.1, -0.05) is 25.1 Å². The van der Waals surface area contributed by atoms with E-state index in [0.29, 0.717) is 12.6 Å². The number of hydrogen-bond acceptors (Lipinski definition) is 3. The highest BCUT2D eigenvalue weighted by atomic mass is 16.2. The highest BCUT2D eigenvalue weighted by molar-refractivity contribution is 5.97. The van der Waals surface area contributed by atoms with Crippen LogP contribution in [0.2, 0.25) is 0 Å². The number of benzene rings is 1. The predicted molar refractivity (Wildman–Crippen MR) is 85.6 cm³/mol. The Labute approximate surface area is 127 Å². The van der Waals surface area contributed by atoms with Gasteiger partial charge < -0.3 is 10.2 Å². The first kappa shape index (κ1) is 14.5. The van der Waals surface area contributed by atoms with E-state index in [-0.39, 0.29) is 11.9 Å². The maximum atomic E-state index is 12.8. The number of fused-ring (bicyclic) bond motifs is 1. The number of hydrogen-bond donors (Lipinski definition) is 1. The lowest BCUT2D eigenvalue weighted by molar-refractivity contribution is -0.120. The summed E-state index contributed by atoms with van der Waals surface area (Å²) >= 11 is 0.